The normalized spacial score (nSPS) is 43.0. The minimum Gasteiger partial charge on any atom is -0.239 e. The first kappa shape index (κ1) is 7.47. The van der Waals surface area contributed by atoms with Crippen LogP contribution < -0.4 is 0 Å². The lowest BCUT2D eigenvalue weighted by Gasteiger charge is -2.17. The van der Waals surface area contributed by atoms with Crippen molar-refractivity contribution >= 4 is 9.24 Å². The van der Waals surface area contributed by atoms with Gasteiger partial charge in [-0.1, -0.05) is 30.0 Å². The highest BCUT2D eigenvalue weighted by molar-refractivity contribution is 7.19. The molecule has 1 saturated carbocycles. The Balaban J connectivity index is 2.52. The Bertz CT molecular complexity index is 123. The summed E-state index contributed by atoms with van der Waals surface area (Å²) in [6.07, 6.45) is 0.723. The molecule has 0 radical (unpaired) electrons. The number of hydrogen-bond donors (Lipinski definition) is 0. The zero-order chi connectivity index (χ0) is 7.28. The van der Waals surface area contributed by atoms with Crippen LogP contribution >= 0.6 is 9.24 Å². The van der Waals surface area contributed by atoms with Gasteiger partial charge in [0.1, 0.15) is 5.41 Å². The minimum absolute atomic E-state index is 0.149. The van der Waals surface area contributed by atoms with E-state index in [1.165, 1.54) is 0 Å². The molecule has 0 spiro atoms. The molecule has 9 heavy (non-hydrogen) atoms. The molecule has 0 aliphatic heterocycles. The van der Waals surface area contributed by atoms with Crippen molar-refractivity contribution in [1.29, 1.82) is 0 Å². The average molecular weight is 148 g/mol. The van der Waals surface area contributed by atoms with E-state index in [0.29, 0.717) is 0 Å². The lowest BCUT2D eigenvalue weighted by Crippen LogP contribution is -2.12. The summed E-state index contributed by atoms with van der Waals surface area (Å²) >= 11 is 0. The molecule has 0 aromatic rings. The van der Waals surface area contributed by atoms with Crippen LogP contribution in [0.25, 0.3) is 0 Å². The van der Waals surface area contributed by atoms with Crippen molar-refractivity contribution in [3.8, 4) is 0 Å². The highest BCUT2D eigenvalue weighted by atomic mass is 31.0. The topological polar surface area (TPSA) is 0 Å². The van der Waals surface area contributed by atoms with Gasteiger partial charge in [0.15, 0.2) is 0 Å². The highest BCUT2D eigenvalue weighted by Gasteiger charge is 2.56. The molecule has 2 heteroatoms. The van der Waals surface area contributed by atoms with Crippen molar-refractivity contribution in [2.45, 2.75) is 32.6 Å². The number of alkyl halides is 1. The van der Waals surface area contributed by atoms with Gasteiger partial charge >= 0.3 is 0 Å². The van der Waals surface area contributed by atoms with E-state index in [9.17, 15) is 4.39 Å². The molecule has 0 nitrogen and oxygen atoms in total. The van der Waals surface area contributed by atoms with E-state index in [1.807, 2.05) is 0 Å². The predicted octanol–water partition coefficient (Wildman–Crippen LogP) is 2.59. The van der Waals surface area contributed by atoms with E-state index in [-0.39, 0.29) is 11.3 Å². The monoisotopic (exact) mass is 148 g/mol. The first-order valence-corrected chi connectivity index (χ1v) is 3.89. The zero-order valence-corrected chi connectivity index (χ0v) is 7.39. The molecule has 54 valence electrons. The minimum atomic E-state index is -0.932. The lowest BCUT2D eigenvalue weighted by molar-refractivity contribution is 0.279. The van der Waals surface area contributed by atoms with E-state index in [1.54, 1.807) is 0 Å². The van der Waals surface area contributed by atoms with E-state index in [2.05, 4.69) is 30.0 Å². The fourth-order valence-electron chi connectivity index (χ4n) is 1.28. The summed E-state index contributed by atoms with van der Waals surface area (Å²) in [4.78, 5) is 0. The quantitative estimate of drug-likeness (QED) is 0.463. The first-order chi connectivity index (χ1) is 3.84. The van der Waals surface area contributed by atoms with Gasteiger partial charge in [-0.05, 0) is 11.8 Å². The number of halogens is 1. The Morgan fingerprint density at radius 3 is 1.89 bits per heavy atom. The standard InChI is InChI=1S/C7H14FP/c1-6(2,3)5-4-7(5,8)9/h5H,4,9H2,1-3H3. The molecule has 0 bridgehead atoms. The maximum Gasteiger partial charge on any atom is 0.127 e. The summed E-state index contributed by atoms with van der Waals surface area (Å²) in [5, 5.41) is -0.932. The van der Waals surface area contributed by atoms with Gasteiger partial charge in [0, 0.05) is 5.92 Å². The fourth-order valence-corrected chi connectivity index (χ4v) is 2.02. The molecule has 0 heterocycles. The smallest absolute Gasteiger partial charge is 0.127 e. The van der Waals surface area contributed by atoms with Gasteiger partial charge in [-0.15, -0.1) is 0 Å². The lowest BCUT2D eigenvalue weighted by atomic mass is 9.90. The maximum atomic E-state index is 12.9. The van der Waals surface area contributed by atoms with Gasteiger partial charge in [0.05, 0.1) is 0 Å². The fraction of sp³-hybridized carbons (Fsp3) is 1.00. The second kappa shape index (κ2) is 1.69. The van der Waals surface area contributed by atoms with Crippen molar-refractivity contribution in [1.82, 2.24) is 0 Å². The Morgan fingerprint density at radius 1 is 1.56 bits per heavy atom. The summed E-state index contributed by atoms with van der Waals surface area (Å²) in [6, 6.07) is 0. The van der Waals surface area contributed by atoms with Gasteiger partial charge in [0.25, 0.3) is 0 Å². The molecule has 3 atom stereocenters. The largest absolute Gasteiger partial charge is 0.239 e. The molecule has 0 N–H and O–H groups in total. The van der Waals surface area contributed by atoms with Crippen LogP contribution in [0.4, 0.5) is 4.39 Å². The molecule has 0 saturated heterocycles. The second-order valence-electron chi connectivity index (χ2n) is 4.05. The Labute approximate surface area is 58.4 Å². The van der Waals surface area contributed by atoms with Gasteiger partial charge in [0.2, 0.25) is 0 Å². The SMILES string of the molecule is CC(C)(C)C1CC1(F)P. The van der Waals surface area contributed by atoms with Gasteiger partial charge in [-0.25, -0.2) is 4.39 Å². The molecule has 1 aliphatic carbocycles. The van der Waals surface area contributed by atoms with E-state index in [4.69, 9.17) is 0 Å². The second-order valence-corrected chi connectivity index (χ2v) is 5.01. The summed E-state index contributed by atoms with van der Waals surface area (Å²) in [7, 11) is 2.29. The third-order valence-corrected chi connectivity index (χ3v) is 2.62. The highest BCUT2D eigenvalue weighted by Crippen LogP contribution is 2.60. The number of rotatable bonds is 0. The molecule has 0 amide bonds. The molecular weight excluding hydrogens is 134 g/mol. The van der Waals surface area contributed by atoms with Crippen molar-refractivity contribution < 1.29 is 4.39 Å². The predicted molar refractivity (Wildman–Crippen MR) is 41.1 cm³/mol. The third-order valence-electron chi connectivity index (χ3n) is 1.98. The van der Waals surface area contributed by atoms with Crippen LogP contribution in [0.3, 0.4) is 0 Å². The first-order valence-electron chi connectivity index (χ1n) is 3.32. The van der Waals surface area contributed by atoms with Crippen LogP contribution in [0.5, 0.6) is 0 Å². The van der Waals surface area contributed by atoms with Gasteiger partial charge < -0.3 is 0 Å². The summed E-state index contributed by atoms with van der Waals surface area (Å²) < 4.78 is 12.9. The maximum absolute atomic E-state index is 12.9. The Kier molecular flexibility index (Phi) is 1.40. The summed E-state index contributed by atoms with van der Waals surface area (Å²) in [5.74, 6) is 0.259. The molecule has 0 aromatic carbocycles. The van der Waals surface area contributed by atoms with Crippen LogP contribution in [0.15, 0.2) is 0 Å². The van der Waals surface area contributed by atoms with Crippen molar-refractivity contribution in [2.24, 2.45) is 11.3 Å². The molecule has 1 fully saturated rings. The van der Waals surface area contributed by atoms with Crippen LogP contribution in [0, 0.1) is 11.3 Å². The van der Waals surface area contributed by atoms with Crippen LogP contribution in [-0.2, 0) is 0 Å². The third kappa shape index (κ3) is 1.43. The van der Waals surface area contributed by atoms with E-state index in [0.717, 1.165) is 6.42 Å². The van der Waals surface area contributed by atoms with E-state index >= 15 is 0 Å². The Hall–Kier alpha value is 0.360. The molecule has 0 aromatic heterocycles. The van der Waals surface area contributed by atoms with Crippen LogP contribution in [0.2, 0.25) is 0 Å². The van der Waals surface area contributed by atoms with Gasteiger partial charge in [-0.3, -0.25) is 0 Å². The average Bonchev–Trinajstić information content (AvgIpc) is 2.10. The molecule has 1 rings (SSSR count). The van der Waals surface area contributed by atoms with Crippen LogP contribution in [0.1, 0.15) is 27.2 Å². The summed E-state index contributed by atoms with van der Waals surface area (Å²) in [5.41, 5.74) is 0.149. The van der Waals surface area contributed by atoms with E-state index < -0.39 is 5.41 Å². The molecule has 1 aliphatic rings. The molecular formula is C7H14FP. The summed E-state index contributed by atoms with van der Waals surface area (Å²) in [6.45, 7) is 6.26. The van der Waals surface area contributed by atoms with Gasteiger partial charge in [-0.2, -0.15) is 0 Å². The Morgan fingerprint density at radius 2 is 1.89 bits per heavy atom. The zero-order valence-electron chi connectivity index (χ0n) is 6.24. The molecule has 3 unspecified atom stereocenters. The van der Waals surface area contributed by atoms with Crippen molar-refractivity contribution in [3.63, 3.8) is 0 Å². The van der Waals surface area contributed by atoms with Crippen molar-refractivity contribution in [3.05, 3.63) is 0 Å². The van der Waals surface area contributed by atoms with Crippen molar-refractivity contribution in [2.75, 3.05) is 0 Å². The number of hydrogen-bond acceptors (Lipinski definition) is 0. The van der Waals surface area contributed by atoms with Crippen LogP contribution in [-0.4, -0.2) is 5.41 Å².